The Hall–Kier alpha value is -3.47. The summed E-state index contributed by atoms with van der Waals surface area (Å²) in [6.07, 6.45) is 0.916. The lowest BCUT2D eigenvalue weighted by Gasteiger charge is -2.32. The fourth-order valence-corrected chi connectivity index (χ4v) is 4.21. The number of hydrogen-bond donors (Lipinski definition) is 1. The topological polar surface area (TPSA) is 130 Å². The molecule has 2 aromatic rings. The molecule has 0 fully saturated rings. The first kappa shape index (κ1) is 26.8. The molecule has 0 bridgehead atoms. The molecule has 11 heteroatoms. The average molecular weight is 491 g/mol. The predicted octanol–water partition coefficient (Wildman–Crippen LogP) is 2.61. The second kappa shape index (κ2) is 11.1. The molecule has 0 heterocycles. The van der Waals surface area contributed by atoms with E-state index in [1.54, 1.807) is 20.8 Å². The number of nitro groups is 1. The molecular formula is C23H30N4O6S. The summed E-state index contributed by atoms with van der Waals surface area (Å²) in [6.45, 7) is 6.53. The molecule has 184 valence electrons. The van der Waals surface area contributed by atoms with Crippen LogP contribution in [0, 0.1) is 17.0 Å². The van der Waals surface area contributed by atoms with Crippen LogP contribution in [0.4, 0.5) is 11.4 Å². The molecule has 1 unspecified atom stereocenters. The van der Waals surface area contributed by atoms with Crippen LogP contribution in [-0.2, 0) is 26.2 Å². The zero-order chi connectivity index (χ0) is 25.6. The van der Waals surface area contributed by atoms with E-state index in [0.29, 0.717) is 0 Å². The van der Waals surface area contributed by atoms with Crippen molar-refractivity contribution in [3.8, 4) is 0 Å². The van der Waals surface area contributed by atoms with E-state index in [-0.39, 0.29) is 29.9 Å². The first-order chi connectivity index (χ1) is 15.8. The van der Waals surface area contributed by atoms with Gasteiger partial charge in [0.05, 0.1) is 16.9 Å². The van der Waals surface area contributed by atoms with Gasteiger partial charge < -0.3 is 10.2 Å². The number of carbonyl (C=O) groups excluding carboxylic acids is 2. The van der Waals surface area contributed by atoms with Crippen molar-refractivity contribution in [3.05, 3.63) is 69.8 Å². The monoisotopic (exact) mass is 490 g/mol. The van der Waals surface area contributed by atoms with Gasteiger partial charge in [-0.2, -0.15) is 0 Å². The molecule has 2 aromatic carbocycles. The largest absolute Gasteiger partial charge is 0.352 e. The van der Waals surface area contributed by atoms with Gasteiger partial charge in [0, 0.05) is 24.7 Å². The number of anilines is 1. The van der Waals surface area contributed by atoms with E-state index in [9.17, 15) is 28.1 Å². The van der Waals surface area contributed by atoms with Crippen LogP contribution in [0.5, 0.6) is 0 Å². The van der Waals surface area contributed by atoms with Crippen LogP contribution >= 0.6 is 0 Å². The van der Waals surface area contributed by atoms with Gasteiger partial charge in [-0.25, -0.2) is 8.42 Å². The lowest BCUT2D eigenvalue weighted by atomic mass is 10.1. The quantitative estimate of drug-likeness (QED) is 0.402. The van der Waals surface area contributed by atoms with Crippen molar-refractivity contribution in [2.24, 2.45) is 0 Å². The lowest BCUT2D eigenvalue weighted by molar-refractivity contribution is -0.384. The summed E-state index contributed by atoms with van der Waals surface area (Å²) in [5.41, 5.74) is 1.43. The van der Waals surface area contributed by atoms with Gasteiger partial charge in [-0.15, -0.1) is 0 Å². The smallest absolute Gasteiger partial charge is 0.271 e. The zero-order valence-electron chi connectivity index (χ0n) is 19.9. The lowest BCUT2D eigenvalue weighted by Crippen LogP contribution is -2.52. The van der Waals surface area contributed by atoms with Crippen molar-refractivity contribution in [1.29, 1.82) is 0 Å². The van der Waals surface area contributed by atoms with Crippen LogP contribution in [0.2, 0.25) is 0 Å². The van der Waals surface area contributed by atoms with Crippen LogP contribution in [0.25, 0.3) is 0 Å². The van der Waals surface area contributed by atoms with Gasteiger partial charge in [0.25, 0.3) is 5.69 Å². The maximum atomic E-state index is 13.4. The van der Waals surface area contributed by atoms with Gasteiger partial charge in [0.1, 0.15) is 12.6 Å². The molecule has 10 nitrogen and oxygen atoms in total. The molecule has 0 spiro atoms. The minimum Gasteiger partial charge on any atom is -0.352 e. The SMILES string of the molecule is Cc1cccc(CN(C(=O)CN(c2cccc([N+](=O)[O-])c2)S(C)(=O)=O)C(C)C(=O)NC(C)C)c1. The van der Waals surface area contributed by atoms with Crippen LogP contribution in [-0.4, -0.2) is 54.9 Å². The summed E-state index contributed by atoms with van der Waals surface area (Å²) in [6, 6.07) is 11.4. The predicted molar refractivity (Wildman–Crippen MR) is 130 cm³/mol. The van der Waals surface area contributed by atoms with E-state index in [2.05, 4.69) is 5.32 Å². The van der Waals surface area contributed by atoms with E-state index in [1.165, 1.54) is 23.1 Å². The summed E-state index contributed by atoms with van der Waals surface area (Å²) < 4.78 is 25.9. The van der Waals surface area contributed by atoms with Crippen molar-refractivity contribution < 1.29 is 22.9 Å². The molecule has 0 aliphatic heterocycles. The number of nitro benzene ring substituents is 1. The highest BCUT2D eigenvalue weighted by atomic mass is 32.2. The Balaban J connectivity index is 2.43. The Morgan fingerprint density at radius 1 is 1.09 bits per heavy atom. The normalized spacial score (nSPS) is 12.2. The summed E-state index contributed by atoms with van der Waals surface area (Å²) >= 11 is 0. The molecule has 0 aliphatic carbocycles. The fraction of sp³-hybridized carbons (Fsp3) is 0.391. The molecular weight excluding hydrogens is 460 g/mol. The van der Waals surface area contributed by atoms with Gasteiger partial charge in [0.2, 0.25) is 21.8 Å². The average Bonchev–Trinajstić information content (AvgIpc) is 2.74. The summed E-state index contributed by atoms with van der Waals surface area (Å²) in [5, 5.41) is 13.9. The van der Waals surface area contributed by atoms with Crippen LogP contribution in [0.15, 0.2) is 48.5 Å². The third kappa shape index (κ3) is 7.27. The van der Waals surface area contributed by atoms with Crippen molar-refractivity contribution >= 4 is 33.2 Å². The molecule has 1 N–H and O–H groups in total. The summed E-state index contributed by atoms with van der Waals surface area (Å²) in [5.74, 6) is -0.998. The standard InChI is InChI=1S/C23H30N4O6S/c1-16(2)24-23(29)18(4)25(14-19-9-6-8-17(3)12-19)22(28)15-26(34(5,32)33)20-10-7-11-21(13-20)27(30)31/h6-13,16,18H,14-15H2,1-5H3,(H,24,29). The van der Waals surface area contributed by atoms with Gasteiger partial charge >= 0.3 is 0 Å². The molecule has 0 radical (unpaired) electrons. The Morgan fingerprint density at radius 3 is 2.29 bits per heavy atom. The van der Waals surface area contributed by atoms with Crippen LogP contribution < -0.4 is 9.62 Å². The number of amides is 2. The number of aryl methyl sites for hydroxylation is 1. The van der Waals surface area contributed by atoms with E-state index in [4.69, 9.17) is 0 Å². The number of benzene rings is 2. The summed E-state index contributed by atoms with van der Waals surface area (Å²) in [4.78, 5) is 38.0. The molecule has 0 saturated heterocycles. The zero-order valence-corrected chi connectivity index (χ0v) is 20.7. The summed E-state index contributed by atoms with van der Waals surface area (Å²) in [7, 11) is -3.97. The van der Waals surface area contributed by atoms with Crippen LogP contribution in [0.1, 0.15) is 31.9 Å². The number of non-ortho nitro benzene ring substituents is 1. The van der Waals surface area contributed by atoms with E-state index >= 15 is 0 Å². The van der Waals surface area contributed by atoms with Crippen molar-refractivity contribution in [3.63, 3.8) is 0 Å². The Kier molecular flexibility index (Phi) is 8.74. The third-order valence-corrected chi connectivity index (χ3v) is 6.18. The van der Waals surface area contributed by atoms with Gasteiger partial charge in [-0.3, -0.25) is 24.0 Å². The first-order valence-electron chi connectivity index (χ1n) is 10.7. The van der Waals surface area contributed by atoms with Crippen LogP contribution in [0.3, 0.4) is 0 Å². The molecule has 0 saturated carbocycles. The Morgan fingerprint density at radius 2 is 1.74 bits per heavy atom. The minimum atomic E-state index is -3.97. The number of carbonyl (C=O) groups is 2. The molecule has 34 heavy (non-hydrogen) atoms. The van der Waals surface area contributed by atoms with E-state index in [1.807, 2.05) is 31.2 Å². The number of hydrogen-bond acceptors (Lipinski definition) is 6. The van der Waals surface area contributed by atoms with Gasteiger partial charge in [-0.05, 0) is 39.3 Å². The molecule has 0 aliphatic rings. The molecule has 2 rings (SSSR count). The van der Waals surface area contributed by atoms with Crippen molar-refractivity contribution in [2.45, 2.75) is 46.3 Å². The van der Waals surface area contributed by atoms with Crippen molar-refractivity contribution in [1.82, 2.24) is 10.2 Å². The first-order valence-corrected chi connectivity index (χ1v) is 12.5. The Bertz CT molecular complexity index is 1170. The maximum absolute atomic E-state index is 13.4. The fourth-order valence-electron chi connectivity index (χ4n) is 3.37. The molecule has 2 amide bonds. The number of sulfonamides is 1. The van der Waals surface area contributed by atoms with E-state index in [0.717, 1.165) is 27.8 Å². The van der Waals surface area contributed by atoms with Gasteiger partial charge in [0.15, 0.2) is 0 Å². The second-order valence-electron chi connectivity index (χ2n) is 8.40. The molecule has 1 atom stereocenters. The maximum Gasteiger partial charge on any atom is 0.271 e. The van der Waals surface area contributed by atoms with Gasteiger partial charge in [-0.1, -0.05) is 35.9 Å². The molecule has 0 aromatic heterocycles. The number of nitrogens with zero attached hydrogens (tertiary/aromatic N) is 3. The highest BCUT2D eigenvalue weighted by Gasteiger charge is 2.30. The number of nitrogens with one attached hydrogen (secondary N) is 1. The highest BCUT2D eigenvalue weighted by Crippen LogP contribution is 2.24. The second-order valence-corrected chi connectivity index (χ2v) is 10.3. The number of rotatable bonds is 10. The van der Waals surface area contributed by atoms with E-state index < -0.39 is 33.4 Å². The third-order valence-electron chi connectivity index (χ3n) is 5.04. The Labute approximate surface area is 199 Å². The minimum absolute atomic E-state index is 0.0140. The van der Waals surface area contributed by atoms with Crippen molar-refractivity contribution in [2.75, 3.05) is 17.1 Å². The highest BCUT2D eigenvalue weighted by molar-refractivity contribution is 7.92.